The topological polar surface area (TPSA) is 108 Å². The van der Waals surface area contributed by atoms with Crippen LogP contribution >= 0.6 is 0 Å². The summed E-state index contributed by atoms with van der Waals surface area (Å²) in [6.07, 6.45) is 4.84. The van der Waals surface area contributed by atoms with Crippen LogP contribution in [-0.2, 0) is 0 Å². The number of rotatable bonds is 5. The Bertz CT molecular complexity index is 1530. The number of aromatic nitrogens is 5. The zero-order valence-corrected chi connectivity index (χ0v) is 18.6. The van der Waals surface area contributed by atoms with Crippen molar-refractivity contribution in [3.63, 3.8) is 0 Å². The fourth-order valence-electron chi connectivity index (χ4n) is 3.95. The molecule has 6 rings (SSSR count). The van der Waals surface area contributed by atoms with Crippen LogP contribution in [0.15, 0.2) is 55.2 Å². The molecule has 0 saturated heterocycles. The largest absolute Gasteiger partial charge is 0.494 e. The maximum absolute atomic E-state index is 6.13. The van der Waals surface area contributed by atoms with Crippen molar-refractivity contribution in [1.82, 2.24) is 24.6 Å². The van der Waals surface area contributed by atoms with Crippen molar-refractivity contribution in [2.45, 2.75) is 6.92 Å². The summed E-state index contributed by atoms with van der Waals surface area (Å²) in [7, 11) is 1.62. The van der Waals surface area contributed by atoms with E-state index in [1.165, 1.54) is 12.7 Å². The second-order valence-electron chi connectivity index (χ2n) is 7.83. The number of benzene rings is 2. The number of fused-ring (bicyclic) bond motifs is 3. The van der Waals surface area contributed by atoms with E-state index in [1.807, 2.05) is 43.3 Å². The van der Waals surface area contributed by atoms with Crippen molar-refractivity contribution in [1.29, 1.82) is 0 Å². The van der Waals surface area contributed by atoms with Gasteiger partial charge in [-0.25, -0.2) is 19.5 Å². The van der Waals surface area contributed by atoms with Crippen molar-refractivity contribution in [3.05, 3.63) is 60.8 Å². The van der Waals surface area contributed by atoms with Crippen LogP contribution in [0.25, 0.3) is 16.6 Å². The lowest BCUT2D eigenvalue weighted by molar-refractivity contribution is 0.324. The Labute approximate surface area is 194 Å². The quantitative estimate of drug-likeness (QED) is 0.400. The van der Waals surface area contributed by atoms with Gasteiger partial charge in [-0.3, -0.25) is 0 Å². The normalized spacial score (nSPS) is 12.6. The van der Waals surface area contributed by atoms with Gasteiger partial charge in [0.05, 0.1) is 24.0 Å². The Balaban J connectivity index is 1.34. The summed E-state index contributed by atoms with van der Waals surface area (Å²) in [5.41, 5.74) is 4.11. The average Bonchev–Trinajstić information content (AvgIpc) is 3.32. The maximum atomic E-state index is 6.13. The van der Waals surface area contributed by atoms with Crippen molar-refractivity contribution < 1.29 is 14.2 Å². The Morgan fingerprint density at radius 3 is 2.91 bits per heavy atom. The summed E-state index contributed by atoms with van der Waals surface area (Å²) < 4.78 is 19.2. The lowest BCUT2D eigenvalue weighted by Gasteiger charge is -2.20. The molecule has 1 aliphatic rings. The fraction of sp³-hybridized carbons (Fsp3) is 0.167. The highest BCUT2D eigenvalue weighted by Crippen LogP contribution is 2.39. The van der Waals surface area contributed by atoms with Crippen LogP contribution in [0.3, 0.4) is 0 Å². The molecular weight excluding hydrogens is 434 g/mol. The number of methoxy groups -OCH3 is 1. The van der Waals surface area contributed by atoms with Crippen LogP contribution in [-0.4, -0.2) is 44.8 Å². The number of pyridine rings is 1. The molecule has 5 aromatic rings. The molecule has 0 amide bonds. The molecule has 2 N–H and O–H groups in total. The third-order valence-corrected chi connectivity index (χ3v) is 5.64. The molecule has 170 valence electrons. The van der Waals surface area contributed by atoms with Crippen LogP contribution in [0.1, 0.15) is 5.56 Å². The number of hydrogen-bond acceptors (Lipinski definition) is 9. The highest BCUT2D eigenvalue weighted by atomic mass is 16.5. The van der Waals surface area contributed by atoms with Crippen LogP contribution in [0.5, 0.6) is 23.0 Å². The number of nitrogens with one attached hydrogen (secondary N) is 2. The van der Waals surface area contributed by atoms with Crippen LogP contribution in [0.2, 0.25) is 0 Å². The number of nitrogens with zero attached hydrogens (tertiary/aromatic N) is 5. The summed E-state index contributed by atoms with van der Waals surface area (Å²) in [5.74, 6) is 3.42. The Kier molecular flexibility index (Phi) is 4.76. The zero-order chi connectivity index (χ0) is 23.1. The first-order valence-electron chi connectivity index (χ1n) is 10.8. The molecule has 3 aromatic heterocycles. The summed E-state index contributed by atoms with van der Waals surface area (Å²) in [5, 5.41) is 11.7. The highest BCUT2D eigenvalue weighted by Gasteiger charge is 2.16. The standard InChI is InChI=1S/C24H21N7O3/c1-14-7-19(21(32-2)11-20(14)34-15-3-5-31-23(8-15)27-13-29-31)30-24-16-9-18-22(33-6-4-25-18)10-17(16)26-12-28-24/h3,5,7-13,25H,4,6H2,1-2H3,(H,26,28,30). The smallest absolute Gasteiger partial charge is 0.158 e. The summed E-state index contributed by atoms with van der Waals surface area (Å²) in [4.78, 5) is 13.1. The van der Waals surface area contributed by atoms with Gasteiger partial charge in [0.25, 0.3) is 0 Å². The van der Waals surface area contributed by atoms with E-state index < -0.39 is 0 Å². The predicted molar refractivity (Wildman–Crippen MR) is 128 cm³/mol. The molecule has 10 nitrogen and oxygen atoms in total. The first kappa shape index (κ1) is 20.0. The molecule has 4 heterocycles. The molecule has 0 aliphatic carbocycles. The van der Waals surface area contributed by atoms with Gasteiger partial charge in [0.1, 0.15) is 48.1 Å². The lowest BCUT2D eigenvalue weighted by atomic mass is 10.1. The van der Waals surface area contributed by atoms with E-state index in [4.69, 9.17) is 14.2 Å². The van der Waals surface area contributed by atoms with Crippen LogP contribution in [0, 0.1) is 6.92 Å². The molecule has 0 spiro atoms. The molecule has 0 bridgehead atoms. The van der Waals surface area contributed by atoms with Gasteiger partial charge < -0.3 is 24.8 Å². The van der Waals surface area contributed by atoms with E-state index >= 15 is 0 Å². The highest BCUT2D eigenvalue weighted by molar-refractivity contribution is 5.95. The van der Waals surface area contributed by atoms with Gasteiger partial charge in [-0.15, -0.1) is 0 Å². The summed E-state index contributed by atoms with van der Waals surface area (Å²) in [6.45, 7) is 3.37. The fourth-order valence-corrected chi connectivity index (χ4v) is 3.95. The summed E-state index contributed by atoms with van der Waals surface area (Å²) in [6, 6.07) is 11.4. The predicted octanol–water partition coefficient (Wildman–Crippen LogP) is 4.33. The van der Waals surface area contributed by atoms with Gasteiger partial charge in [0.2, 0.25) is 0 Å². The van der Waals surface area contributed by atoms with Crippen molar-refractivity contribution in [2.75, 3.05) is 30.9 Å². The second kappa shape index (κ2) is 8.07. The van der Waals surface area contributed by atoms with Gasteiger partial charge >= 0.3 is 0 Å². The van der Waals surface area contributed by atoms with E-state index in [9.17, 15) is 0 Å². The van der Waals surface area contributed by atoms with E-state index in [0.29, 0.717) is 35.3 Å². The van der Waals surface area contributed by atoms with Crippen LogP contribution < -0.4 is 24.8 Å². The van der Waals surface area contributed by atoms with E-state index in [2.05, 4.69) is 30.7 Å². The minimum absolute atomic E-state index is 0.621. The monoisotopic (exact) mass is 455 g/mol. The molecular formula is C24H21N7O3. The average molecular weight is 455 g/mol. The van der Waals surface area contributed by atoms with E-state index in [0.717, 1.165) is 40.1 Å². The second-order valence-corrected chi connectivity index (χ2v) is 7.83. The molecule has 34 heavy (non-hydrogen) atoms. The van der Waals surface area contributed by atoms with Gasteiger partial charge in [-0.2, -0.15) is 5.10 Å². The Morgan fingerprint density at radius 2 is 2.00 bits per heavy atom. The number of hydrogen-bond donors (Lipinski definition) is 2. The van der Waals surface area contributed by atoms with Crippen molar-refractivity contribution in [3.8, 4) is 23.0 Å². The minimum atomic E-state index is 0.621. The molecule has 0 atom stereocenters. The van der Waals surface area contributed by atoms with E-state index in [1.54, 1.807) is 17.8 Å². The third-order valence-electron chi connectivity index (χ3n) is 5.64. The lowest BCUT2D eigenvalue weighted by Crippen LogP contribution is -2.18. The maximum Gasteiger partial charge on any atom is 0.158 e. The van der Waals surface area contributed by atoms with Gasteiger partial charge in [0.15, 0.2) is 5.65 Å². The first-order valence-corrected chi connectivity index (χ1v) is 10.8. The summed E-state index contributed by atoms with van der Waals surface area (Å²) >= 11 is 0. The Morgan fingerprint density at radius 1 is 1.06 bits per heavy atom. The van der Waals surface area contributed by atoms with Crippen molar-refractivity contribution >= 4 is 33.7 Å². The van der Waals surface area contributed by atoms with Crippen molar-refractivity contribution in [2.24, 2.45) is 0 Å². The molecule has 0 unspecified atom stereocenters. The Hall–Kier alpha value is -4.60. The first-order chi connectivity index (χ1) is 16.7. The van der Waals surface area contributed by atoms with Gasteiger partial charge in [0, 0.05) is 36.3 Å². The molecule has 0 saturated carbocycles. The number of aryl methyl sites for hydroxylation is 1. The zero-order valence-electron chi connectivity index (χ0n) is 18.6. The SMILES string of the molecule is COc1cc(Oc2ccn3ncnc3c2)c(C)cc1Nc1ncnc2cc3c(cc12)NCCO3. The minimum Gasteiger partial charge on any atom is -0.494 e. The van der Waals surface area contributed by atoms with Crippen LogP contribution in [0.4, 0.5) is 17.2 Å². The third kappa shape index (κ3) is 3.54. The molecule has 0 fully saturated rings. The van der Waals surface area contributed by atoms with Gasteiger partial charge in [-0.1, -0.05) is 0 Å². The van der Waals surface area contributed by atoms with Gasteiger partial charge in [-0.05, 0) is 30.7 Å². The number of anilines is 3. The molecule has 10 heteroatoms. The van der Waals surface area contributed by atoms with E-state index in [-0.39, 0.29) is 0 Å². The molecule has 2 aromatic carbocycles. The molecule has 1 aliphatic heterocycles. The molecule has 0 radical (unpaired) electrons. The number of ether oxygens (including phenoxy) is 3.